The highest BCUT2D eigenvalue weighted by Crippen LogP contribution is 2.29. The number of carbonyl (C=O) groups is 2. The Labute approximate surface area is 154 Å². The van der Waals surface area contributed by atoms with Gasteiger partial charge in [0.05, 0.1) is 34.3 Å². The third kappa shape index (κ3) is 2.64. The summed E-state index contributed by atoms with van der Waals surface area (Å²) in [6, 6.07) is 6.74. The number of carbonyl (C=O) groups excluding carboxylic acids is 2. The van der Waals surface area contributed by atoms with Crippen molar-refractivity contribution < 1.29 is 22.8 Å². The summed E-state index contributed by atoms with van der Waals surface area (Å²) in [6.45, 7) is 0. The van der Waals surface area contributed by atoms with Gasteiger partial charge in [-0.05, 0) is 24.3 Å². The van der Waals surface area contributed by atoms with Crippen LogP contribution in [0.5, 0.6) is 0 Å². The average molecular weight is 389 g/mol. The predicted octanol–water partition coefficient (Wildman–Crippen LogP) is 1.51. The Morgan fingerprint density at radius 3 is 2.25 bits per heavy atom. The quantitative estimate of drug-likeness (QED) is 0.646. The highest BCUT2D eigenvalue weighted by atomic mass is 19.4. The SMILES string of the molecule is Nc1c2c(cc(=O)n1-c1ccc(-n3cc(C(F)(F)F)cn3)cc1)C(=O)NC2=O. The van der Waals surface area contributed by atoms with Gasteiger partial charge >= 0.3 is 6.18 Å². The number of anilines is 1. The summed E-state index contributed by atoms with van der Waals surface area (Å²) in [7, 11) is 0. The van der Waals surface area contributed by atoms with Gasteiger partial charge in [0.1, 0.15) is 5.82 Å². The molecule has 2 amide bonds. The fraction of sp³-hybridized carbons (Fsp3) is 0.0588. The van der Waals surface area contributed by atoms with Crippen LogP contribution < -0.4 is 16.6 Å². The molecule has 0 unspecified atom stereocenters. The molecule has 8 nitrogen and oxygen atoms in total. The van der Waals surface area contributed by atoms with Crippen molar-refractivity contribution in [2.75, 3.05) is 5.73 Å². The first-order valence-electron chi connectivity index (χ1n) is 7.80. The van der Waals surface area contributed by atoms with E-state index in [0.717, 1.165) is 21.5 Å². The lowest BCUT2D eigenvalue weighted by atomic mass is 10.1. The molecule has 0 fully saturated rings. The van der Waals surface area contributed by atoms with Crippen LogP contribution in [0.3, 0.4) is 0 Å². The number of halogens is 3. The first-order valence-corrected chi connectivity index (χ1v) is 7.80. The normalized spacial score (nSPS) is 13.5. The minimum Gasteiger partial charge on any atom is -0.384 e. The second kappa shape index (κ2) is 5.81. The number of hydrogen-bond acceptors (Lipinski definition) is 5. The van der Waals surface area contributed by atoms with Crippen LogP contribution in [-0.4, -0.2) is 26.2 Å². The molecule has 0 atom stereocenters. The van der Waals surface area contributed by atoms with Gasteiger partial charge in [-0.2, -0.15) is 18.3 Å². The first kappa shape index (κ1) is 17.5. The summed E-state index contributed by atoms with van der Waals surface area (Å²) < 4.78 is 40.2. The van der Waals surface area contributed by atoms with E-state index in [9.17, 15) is 27.6 Å². The summed E-state index contributed by atoms with van der Waals surface area (Å²) >= 11 is 0. The number of pyridine rings is 1. The summed E-state index contributed by atoms with van der Waals surface area (Å²) in [6.07, 6.45) is -2.98. The Hall–Kier alpha value is -3.89. The van der Waals surface area contributed by atoms with Gasteiger partial charge in [0.15, 0.2) is 0 Å². The fourth-order valence-electron chi connectivity index (χ4n) is 2.91. The Morgan fingerprint density at radius 1 is 1.00 bits per heavy atom. The van der Waals surface area contributed by atoms with Crippen LogP contribution >= 0.6 is 0 Å². The number of imide groups is 1. The second-order valence-electron chi connectivity index (χ2n) is 5.96. The first-order chi connectivity index (χ1) is 13.2. The molecule has 1 aliphatic rings. The molecule has 1 aromatic carbocycles. The van der Waals surface area contributed by atoms with E-state index >= 15 is 0 Å². The number of fused-ring (bicyclic) bond motifs is 1. The Balaban J connectivity index is 1.76. The smallest absolute Gasteiger partial charge is 0.384 e. The van der Waals surface area contributed by atoms with Crippen LogP contribution in [0.4, 0.5) is 19.0 Å². The lowest BCUT2D eigenvalue weighted by molar-refractivity contribution is -0.137. The zero-order valence-corrected chi connectivity index (χ0v) is 13.8. The van der Waals surface area contributed by atoms with Crippen molar-refractivity contribution >= 4 is 17.6 Å². The van der Waals surface area contributed by atoms with Gasteiger partial charge in [0.25, 0.3) is 17.4 Å². The zero-order valence-electron chi connectivity index (χ0n) is 13.8. The zero-order chi connectivity index (χ0) is 20.2. The molecule has 28 heavy (non-hydrogen) atoms. The predicted molar refractivity (Wildman–Crippen MR) is 90.4 cm³/mol. The van der Waals surface area contributed by atoms with E-state index in [-0.39, 0.29) is 22.6 Å². The van der Waals surface area contributed by atoms with Gasteiger partial charge in [0, 0.05) is 12.3 Å². The highest BCUT2D eigenvalue weighted by Gasteiger charge is 2.33. The fourth-order valence-corrected chi connectivity index (χ4v) is 2.91. The third-order valence-corrected chi connectivity index (χ3v) is 4.24. The van der Waals surface area contributed by atoms with Gasteiger partial charge in [-0.25, -0.2) is 4.68 Å². The van der Waals surface area contributed by atoms with Crippen molar-refractivity contribution in [3.8, 4) is 11.4 Å². The topological polar surface area (TPSA) is 112 Å². The number of nitrogens with zero attached hydrogens (tertiary/aromatic N) is 3. The summed E-state index contributed by atoms with van der Waals surface area (Å²) in [5.41, 5.74) is 4.78. The van der Waals surface area contributed by atoms with Crippen molar-refractivity contribution in [2.24, 2.45) is 0 Å². The highest BCUT2D eigenvalue weighted by molar-refractivity contribution is 6.23. The summed E-state index contributed by atoms with van der Waals surface area (Å²) in [5, 5.41) is 5.73. The van der Waals surface area contributed by atoms with Crippen molar-refractivity contribution in [3.05, 3.63) is 69.8 Å². The maximum absolute atomic E-state index is 12.7. The molecule has 3 heterocycles. The van der Waals surface area contributed by atoms with Crippen LogP contribution in [0.15, 0.2) is 47.5 Å². The minimum absolute atomic E-state index is 0.100. The number of benzene rings is 1. The van der Waals surface area contributed by atoms with E-state index in [1.165, 1.54) is 24.3 Å². The molecular formula is C17H10F3N5O3. The molecule has 0 spiro atoms. The third-order valence-electron chi connectivity index (χ3n) is 4.24. The van der Waals surface area contributed by atoms with E-state index < -0.39 is 29.1 Å². The molecule has 3 N–H and O–H groups in total. The van der Waals surface area contributed by atoms with E-state index in [1.807, 2.05) is 0 Å². The van der Waals surface area contributed by atoms with Crippen LogP contribution in [0.1, 0.15) is 26.3 Å². The molecule has 0 radical (unpaired) electrons. The number of amides is 2. The molecule has 1 aliphatic heterocycles. The number of alkyl halides is 3. The van der Waals surface area contributed by atoms with E-state index in [4.69, 9.17) is 5.73 Å². The maximum atomic E-state index is 12.7. The van der Waals surface area contributed by atoms with Crippen molar-refractivity contribution in [1.29, 1.82) is 0 Å². The molecule has 0 saturated heterocycles. The number of rotatable bonds is 2. The number of nitrogen functional groups attached to an aromatic ring is 1. The standard InChI is InChI=1S/C17H10F3N5O3/c18-17(19,20)8-6-22-24(7-8)9-1-3-10(4-2-9)25-12(26)5-11-13(14(25)21)16(28)23-15(11)27/h1-7H,21H2,(H,23,27,28). The lowest BCUT2D eigenvalue weighted by Crippen LogP contribution is -2.24. The van der Waals surface area contributed by atoms with Gasteiger partial charge in [-0.15, -0.1) is 0 Å². The van der Waals surface area contributed by atoms with E-state index in [0.29, 0.717) is 11.9 Å². The number of nitrogens with one attached hydrogen (secondary N) is 1. The van der Waals surface area contributed by atoms with Crippen LogP contribution in [0.2, 0.25) is 0 Å². The number of nitrogens with two attached hydrogens (primary N) is 1. The number of aromatic nitrogens is 3. The molecule has 0 saturated carbocycles. The Bertz CT molecular complexity index is 1190. The van der Waals surface area contributed by atoms with Crippen LogP contribution in [-0.2, 0) is 6.18 Å². The van der Waals surface area contributed by atoms with Gasteiger partial charge in [-0.1, -0.05) is 0 Å². The summed E-state index contributed by atoms with van der Waals surface area (Å²) in [5.74, 6) is -1.62. The Morgan fingerprint density at radius 2 is 1.64 bits per heavy atom. The molecule has 0 aliphatic carbocycles. The molecule has 3 aromatic rings. The lowest BCUT2D eigenvalue weighted by Gasteiger charge is -2.12. The minimum atomic E-state index is -4.51. The molecule has 0 bridgehead atoms. The van der Waals surface area contributed by atoms with Gasteiger partial charge < -0.3 is 5.73 Å². The van der Waals surface area contributed by atoms with Crippen molar-refractivity contribution in [2.45, 2.75) is 6.18 Å². The van der Waals surface area contributed by atoms with Crippen LogP contribution in [0, 0.1) is 0 Å². The number of hydrogen-bond donors (Lipinski definition) is 2. The maximum Gasteiger partial charge on any atom is 0.419 e. The second-order valence-corrected chi connectivity index (χ2v) is 5.96. The van der Waals surface area contributed by atoms with Crippen molar-refractivity contribution in [3.63, 3.8) is 0 Å². The van der Waals surface area contributed by atoms with Crippen molar-refractivity contribution in [1.82, 2.24) is 19.7 Å². The van der Waals surface area contributed by atoms with Gasteiger partial charge in [0.2, 0.25) is 0 Å². The average Bonchev–Trinajstić information content (AvgIpc) is 3.21. The monoisotopic (exact) mass is 389 g/mol. The van der Waals surface area contributed by atoms with Crippen LogP contribution in [0.25, 0.3) is 11.4 Å². The van der Waals surface area contributed by atoms with Gasteiger partial charge in [-0.3, -0.25) is 24.3 Å². The molecule has 11 heteroatoms. The summed E-state index contributed by atoms with van der Waals surface area (Å²) in [4.78, 5) is 35.9. The molecule has 4 rings (SSSR count). The molecular weight excluding hydrogens is 379 g/mol. The van der Waals surface area contributed by atoms with E-state index in [1.54, 1.807) is 0 Å². The largest absolute Gasteiger partial charge is 0.419 e. The molecule has 142 valence electrons. The van der Waals surface area contributed by atoms with E-state index in [2.05, 4.69) is 10.4 Å². The Kier molecular flexibility index (Phi) is 3.63. The molecule has 2 aromatic heterocycles.